The number of hydrogen-bond acceptors (Lipinski definition) is 4. The van der Waals surface area contributed by atoms with E-state index in [0.717, 1.165) is 9.77 Å². The van der Waals surface area contributed by atoms with Crippen LogP contribution in [0.25, 0.3) is 0 Å². The van der Waals surface area contributed by atoms with Gasteiger partial charge < -0.3 is 0 Å². The third-order valence-electron chi connectivity index (χ3n) is 2.24. The van der Waals surface area contributed by atoms with Crippen LogP contribution in [0.4, 0.5) is 5.69 Å². The van der Waals surface area contributed by atoms with Gasteiger partial charge >= 0.3 is 0 Å². The summed E-state index contributed by atoms with van der Waals surface area (Å²) in [5.41, 5.74) is 0.657. The highest BCUT2D eigenvalue weighted by Crippen LogP contribution is 2.17. The Balaban J connectivity index is 2.30. The van der Waals surface area contributed by atoms with Gasteiger partial charge in [-0.25, -0.2) is 13.4 Å². The van der Waals surface area contributed by atoms with Crippen molar-refractivity contribution in [2.24, 2.45) is 0 Å². The predicted molar refractivity (Wildman–Crippen MR) is 78.9 cm³/mol. The Bertz CT molecular complexity index is 736. The monoisotopic (exact) mass is 385 g/mol. The fourth-order valence-corrected chi connectivity index (χ4v) is 2.91. The molecule has 0 saturated carbocycles. The quantitative estimate of drug-likeness (QED) is 0.823. The van der Waals surface area contributed by atoms with Gasteiger partial charge in [0, 0.05) is 15.5 Å². The Hall–Kier alpha value is -1.66. The molecule has 2 aromatic rings. The molecule has 0 atom stereocenters. The number of halogens is 1. The first-order valence-electron chi connectivity index (χ1n) is 5.16. The molecule has 0 fully saturated rings. The van der Waals surface area contributed by atoms with Crippen LogP contribution in [0.5, 0.6) is 0 Å². The topological polar surface area (TPSA) is 82.8 Å². The van der Waals surface area contributed by atoms with Crippen LogP contribution in [0.3, 0.4) is 0 Å². The van der Waals surface area contributed by atoms with E-state index in [1.807, 2.05) is 12.1 Å². The molecule has 0 unspecified atom stereocenters. The zero-order chi connectivity index (χ0) is 13.9. The fraction of sp³-hybridized carbons (Fsp3) is 0. The molecule has 0 saturated heterocycles. The first-order chi connectivity index (χ1) is 9.01. The van der Waals surface area contributed by atoms with Crippen molar-refractivity contribution in [3.63, 3.8) is 0 Å². The van der Waals surface area contributed by atoms with Gasteiger partial charge in [0.15, 0.2) is 0 Å². The molecule has 0 aliphatic carbocycles. The Morgan fingerprint density at radius 1 is 1.26 bits per heavy atom. The zero-order valence-corrected chi connectivity index (χ0v) is 12.5. The highest BCUT2D eigenvalue weighted by atomic mass is 127. The smallest absolute Gasteiger partial charge is 0.263 e. The van der Waals surface area contributed by atoms with Gasteiger partial charge in [0.2, 0.25) is 0 Å². The Kier molecular flexibility index (Phi) is 4.01. The summed E-state index contributed by atoms with van der Waals surface area (Å²) < 4.78 is 27.5. The lowest BCUT2D eigenvalue weighted by atomic mass is 10.3. The molecule has 0 aliphatic heterocycles. The van der Waals surface area contributed by atoms with Crippen molar-refractivity contribution >= 4 is 38.3 Å². The van der Waals surface area contributed by atoms with Crippen LogP contribution in [-0.4, -0.2) is 13.4 Å². The molecule has 1 heterocycles. The normalized spacial score (nSPS) is 10.7. The van der Waals surface area contributed by atoms with Gasteiger partial charge in [-0.15, -0.1) is 0 Å². The molecule has 0 aliphatic rings. The summed E-state index contributed by atoms with van der Waals surface area (Å²) in [6, 6.07) is 11.6. The number of nitrogens with one attached hydrogen (secondary N) is 1. The van der Waals surface area contributed by atoms with Crippen molar-refractivity contribution in [2.45, 2.75) is 4.90 Å². The number of nitriles is 1. The van der Waals surface area contributed by atoms with E-state index in [-0.39, 0.29) is 10.6 Å². The standard InChI is InChI=1S/C12H8IN3O2S/c13-9-2-1-3-10(6-9)16-19(17,18)12-5-4-11(7-14)15-8-12/h1-6,8,16H. The van der Waals surface area contributed by atoms with Crippen LogP contribution >= 0.6 is 22.6 Å². The minimum absolute atomic E-state index is 0.0189. The number of aromatic nitrogens is 1. The number of nitrogens with zero attached hydrogens (tertiary/aromatic N) is 2. The van der Waals surface area contributed by atoms with Gasteiger partial charge in [0.1, 0.15) is 16.7 Å². The summed E-state index contributed by atoms with van der Waals surface area (Å²) in [6.07, 6.45) is 1.16. The van der Waals surface area contributed by atoms with E-state index in [1.54, 1.807) is 18.2 Å². The van der Waals surface area contributed by atoms with Gasteiger partial charge in [0.05, 0.1) is 0 Å². The lowest BCUT2D eigenvalue weighted by molar-refractivity contribution is 0.601. The highest BCUT2D eigenvalue weighted by molar-refractivity contribution is 14.1. The maximum Gasteiger partial charge on any atom is 0.263 e. The summed E-state index contributed by atoms with van der Waals surface area (Å²) in [6.45, 7) is 0. The van der Waals surface area contributed by atoms with Crippen molar-refractivity contribution in [2.75, 3.05) is 4.72 Å². The van der Waals surface area contributed by atoms with E-state index in [2.05, 4.69) is 32.3 Å². The molecule has 96 valence electrons. The van der Waals surface area contributed by atoms with E-state index >= 15 is 0 Å². The lowest BCUT2D eigenvalue weighted by Gasteiger charge is -2.07. The number of pyridine rings is 1. The van der Waals surface area contributed by atoms with Gasteiger partial charge in [0.25, 0.3) is 10.0 Å². The van der Waals surface area contributed by atoms with Crippen LogP contribution in [0.2, 0.25) is 0 Å². The minimum atomic E-state index is -3.68. The average molecular weight is 385 g/mol. The molecule has 1 N–H and O–H groups in total. The van der Waals surface area contributed by atoms with Gasteiger partial charge in [-0.2, -0.15) is 5.26 Å². The van der Waals surface area contributed by atoms with E-state index in [0.29, 0.717) is 5.69 Å². The van der Waals surface area contributed by atoms with Crippen LogP contribution in [0.1, 0.15) is 5.69 Å². The molecular formula is C12H8IN3O2S. The number of sulfonamides is 1. The second-order valence-corrected chi connectivity index (χ2v) is 6.53. The van der Waals surface area contributed by atoms with Crippen LogP contribution in [-0.2, 0) is 10.0 Å². The minimum Gasteiger partial charge on any atom is -0.280 e. The molecule has 5 nitrogen and oxygen atoms in total. The third-order valence-corrected chi connectivity index (χ3v) is 4.28. The Labute approximate surface area is 124 Å². The van der Waals surface area contributed by atoms with E-state index in [4.69, 9.17) is 5.26 Å². The molecule has 0 bridgehead atoms. The van der Waals surface area contributed by atoms with E-state index in [1.165, 1.54) is 12.1 Å². The van der Waals surface area contributed by atoms with Crippen LogP contribution in [0.15, 0.2) is 47.5 Å². The molecule has 7 heteroatoms. The molecule has 2 rings (SSSR count). The summed E-state index contributed by atoms with van der Waals surface area (Å²) in [7, 11) is -3.68. The zero-order valence-electron chi connectivity index (χ0n) is 9.54. The van der Waals surface area contributed by atoms with Crippen molar-refractivity contribution < 1.29 is 8.42 Å². The highest BCUT2D eigenvalue weighted by Gasteiger charge is 2.14. The fourth-order valence-electron chi connectivity index (χ4n) is 1.37. The predicted octanol–water partition coefficient (Wildman–Crippen LogP) is 2.36. The Morgan fingerprint density at radius 2 is 2.05 bits per heavy atom. The first kappa shape index (κ1) is 13.8. The summed E-state index contributed by atoms with van der Waals surface area (Å²) in [5, 5.41) is 8.62. The number of hydrogen-bond donors (Lipinski definition) is 1. The summed E-state index contributed by atoms with van der Waals surface area (Å²) >= 11 is 2.10. The average Bonchev–Trinajstić information content (AvgIpc) is 2.38. The molecule has 0 spiro atoms. The molecular weight excluding hydrogens is 377 g/mol. The van der Waals surface area contributed by atoms with E-state index < -0.39 is 10.0 Å². The molecule has 1 aromatic carbocycles. The second kappa shape index (κ2) is 5.54. The van der Waals surface area contributed by atoms with Crippen molar-refractivity contribution in [1.82, 2.24) is 4.98 Å². The number of rotatable bonds is 3. The second-order valence-electron chi connectivity index (χ2n) is 3.61. The van der Waals surface area contributed by atoms with Crippen molar-refractivity contribution in [1.29, 1.82) is 5.26 Å². The van der Waals surface area contributed by atoms with Crippen molar-refractivity contribution in [3.8, 4) is 6.07 Å². The first-order valence-corrected chi connectivity index (χ1v) is 7.72. The summed E-state index contributed by atoms with van der Waals surface area (Å²) in [4.78, 5) is 3.76. The van der Waals surface area contributed by atoms with Gasteiger partial charge in [-0.05, 0) is 52.9 Å². The van der Waals surface area contributed by atoms with Crippen LogP contribution in [0, 0.1) is 14.9 Å². The number of benzene rings is 1. The largest absolute Gasteiger partial charge is 0.280 e. The summed E-state index contributed by atoms with van der Waals surface area (Å²) in [5.74, 6) is 0. The Morgan fingerprint density at radius 3 is 2.63 bits per heavy atom. The molecule has 0 radical (unpaired) electrons. The molecule has 19 heavy (non-hydrogen) atoms. The van der Waals surface area contributed by atoms with Gasteiger partial charge in [-0.3, -0.25) is 4.72 Å². The maximum absolute atomic E-state index is 12.1. The van der Waals surface area contributed by atoms with E-state index in [9.17, 15) is 8.42 Å². The third kappa shape index (κ3) is 3.42. The molecule has 1 aromatic heterocycles. The number of anilines is 1. The van der Waals surface area contributed by atoms with Crippen molar-refractivity contribution in [3.05, 3.63) is 51.9 Å². The van der Waals surface area contributed by atoms with Gasteiger partial charge in [-0.1, -0.05) is 6.07 Å². The SMILES string of the molecule is N#Cc1ccc(S(=O)(=O)Nc2cccc(I)c2)cn1. The maximum atomic E-state index is 12.1. The lowest BCUT2D eigenvalue weighted by Crippen LogP contribution is -2.13. The van der Waals surface area contributed by atoms with Crippen LogP contribution < -0.4 is 4.72 Å². The molecule has 0 amide bonds.